The molecule has 1 N–H and O–H groups in total. The summed E-state index contributed by atoms with van der Waals surface area (Å²) in [6, 6.07) is 9.68. The molecule has 2 aromatic carbocycles. The van der Waals surface area contributed by atoms with E-state index in [-0.39, 0.29) is 5.97 Å². The SMILES string of the molecule is COC(=O)CCc1ccc(Cl)c(NC(=S)c2c(C)cc(OCC[C@H]3CCCCO3)cc2C)c1. The molecular formula is C26H32ClNO4S. The first kappa shape index (κ1) is 25.5. The van der Waals surface area contributed by atoms with E-state index in [0.29, 0.717) is 35.6 Å². The van der Waals surface area contributed by atoms with Gasteiger partial charge in [0.2, 0.25) is 0 Å². The van der Waals surface area contributed by atoms with Crippen molar-refractivity contribution in [2.45, 2.75) is 58.5 Å². The molecule has 1 fully saturated rings. The predicted molar refractivity (Wildman–Crippen MR) is 137 cm³/mol. The van der Waals surface area contributed by atoms with Crippen molar-refractivity contribution in [2.75, 3.05) is 25.6 Å². The van der Waals surface area contributed by atoms with Crippen molar-refractivity contribution in [3.63, 3.8) is 0 Å². The number of anilines is 1. The Labute approximate surface area is 206 Å². The second-order valence-corrected chi connectivity index (χ2v) is 9.22. The topological polar surface area (TPSA) is 56.8 Å². The average molecular weight is 490 g/mol. The van der Waals surface area contributed by atoms with Crippen LogP contribution in [0.5, 0.6) is 5.75 Å². The van der Waals surface area contributed by atoms with Gasteiger partial charge in [0.05, 0.1) is 30.5 Å². The predicted octanol–water partition coefficient (Wildman–Crippen LogP) is 6.19. The van der Waals surface area contributed by atoms with E-state index in [1.807, 2.05) is 44.2 Å². The fourth-order valence-electron chi connectivity index (χ4n) is 4.07. The van der Waals surface area contributed by atoms with Crippen LogP contribution in [0.25, 0.3) is 0 Å². The van der Waals surface area contributed by atoms with Crippen LogP contribution in [0.4, 0.5) is 5.69 Å². The number of hydrogen-bond donors (Lipinski definition) is 1. The molecule has 1 heterocycles. The molecule has 1 atom stereocenters. The monoisotopic (exact) mass is 489 g/mol. The van der Waals surface area contributed by atoms with Crippen LogP contribution in [-0.2, 0) is 20.7 Å². The quantitative estimate of drug-likeness (QED) is 0.335. The van der Waals surface area contributed by atoms with Gasteiger partial charge in [-0.25, -0.2) is 0 Å². The van der Waals surface area contributed by atoms with Gasteiger partial charge in [-0.1, -0.05) is 29.9 Å². The zero-order chi connectivity index (χ0) is 23.8. The molecule has 7 heteroatoms. The summed E-state index contributed by atoms with van der Waals surface area (Å²) in [6.45, 7) is 5.56. The molecule has 1 aliphatic heterocycles. The minimum Gasteiger partial charge on any atom is -0.493 e. The lowest BCUT2D eigenvalue weighted by molar-refractivity contribution is -0.140. The second-order valence-electron chi connectivity index (χ2n) is 8.40. The van der Waals surface area contributed by atoms with Crippen molar-refractivity contribution in [1.29, 1.82) is 0 Å². The molecule has 0 amide bonds. The van der Waals surface area contributed by atoms with Crippen molar-refractivity contribution < 1.29 is 19.0 Å². The molecule has 0 saturated carbocycles. The number of thiocarbonyl (C=S) groups is 1. The van der Waals surface area contributed by atoms with E-state index < -0.39 is 0 Å². The van der Waals surface area contributed by atoms with Gasteiger partial charge in [-0.2, -0.15) is 0 Å². The van der Waals surface area contributed by atoms with Gasteiger partial charge in [-0.3, -0.25) is 4.79 Å². The summed E-state index contributed by atoms with van der Waals surface area (Å²) in [5.41, 5.74) is 4.73. The minimum atomic E-state index is -0.241. The Morgan fingerprint density at radius 1 is 1.21 bits per heavy atom. The van der Waals surface area contributed by atoms with Gasteiger partial charge in [-0.05, 0) is 80.5 Å². The van der Waals surface area contributed by atoms with Crippen molar-refractivity contribution in [2.24, 2.45) is 0 Å². The van der Waals surface area contributed by atoms with Gasteiger partial charge in [-0.15, -0.1) is 0 Å². The van der Waals surface area contributed by atoms with Crippen LogP contribution < -0.4 is 10.1 Å². The van der Waals surface area contributed by atoms with E-state index in [2.05, 4.69) is 5.32 Å². The number of halogens is 1. The van der Waals surface area contributed by atoms with Crippen LogP contribution in [0.3, 0.4) is 0 Å². The fourth-order valence-corrected chi connectivity index (χ4v) is 4.66. The van der Waals surface area contributed by atoms with Gasteiger partial charge >= 0.3 is 5.97 Å². The third-order valence-corrected chi connectivity index (χ3v) is 6.48. The summed E-state index contributed by atoms with van der Waals surface area (Å²) in [4.78, 5) is 12.0. The Balaban J connectivity index is 1.64. The lowest BCUT2D eigenvalue weighted by Gasteiger charge is -2.22. The molecule has 178 valence electrons. The molecule has 0 aromatic heterocycles. The number of nitrogens with one attached hydrogen (secondary N) is 1. The number of aryl methyl sites for hydroxylation is 3. The normalized spacial score (nSPS) is 15.7. The highest BCUT2D eigenvalue weighted by atomic mass is 35.5. The number of benzene rings is 2. The maximum Gasteiger partial charge on any atom is 0.305 e. The molecule has 1 aliphatic rings. The molecule has 33 heavy (non-hydrogen) atoms. The number of esters is 1. The third kappa shape index (κ3) is 7.42. The molecule has 0 unspecified atom stereocenters. The summed E-state index contributed by atoms with van der Waals surface area (Å²) in [5.74, 6) is 0.602. The molecule has 1 saturated heterocycles. The van der Waals surface area contributed by atoms with Crippen molar-refractivity contribution in [3.8, 4) is 5.75 Å². The number of rotatable bonds is 9. The Hall–Kier alpha value is -2.15. The molecule has 0 radical (unpaired) electrons. The zero-order valence-corrected chi connectivity index (χ0v) is 21.1. The third-order valence-electron chi connectivity index (χ3n) is 5.84. The van der Waals surface area contributed by atoms with Crippen molar-refractivity contribution in [1.82, 2.24) is 0 Å². The van der Waals surface area contributed by atoms with E-state index in [9.17, 15) is 4.79 Å². The van der Waals surface area contributed by atoms with Crippen LogP contribution in [-0.4, -0.2) is 37.4 Å². The van der Waals surface area contributed by atoms with Gasteiger partial charge in [0.15, 0.2) is 0 Å². The molecule has 5 nitrogen and oxygen atoms in total. The van der Waals surface area contributed by atoms with Gasteiger partial charge in [0.25, 0.3) is 0 Å². The molecule has 0 aliphatic carbocycles. The zero-order valence-electron chi connectivity index (χ0n) is 19.5. The number of carbonyl (C=O) groups excluding carboxylic acids is 1. The standard InChI is InChI=1S/C26H32ClNO4S/c1-17-14-21(32-13-11-20-6-4-5-12-31-20)15-18(2)25(17)26(33)28-23-16-19(7-9-22(23)27)8-10-24(29)30-3/h7,9,14-16,20H,4-6,8,10-13H2,1-3H3,(H,28,33)/t20-/m1/s1. The lowest BCUT2D eigenvalue weighted by Crippen LogP contribution is -2.21. The van der Waals surface area contributed by atoms with E-state index in [1.54, 1.807) is 0 Å². The van der Waals surface area contributed by atoms with Crippen LogP contribution in [0, 0.1) is 13.8 Å². The Bertz CT molecular complexity index is 965. The molecule has 0 bridgehead atoms. The first-order valence-electron chi connectivity index (χ1n) is 11.4. The second kappa shape index (κ2) is 12.4. The maximum atomic E-state index is 11.4. The van der Waals surface area contributed by atoms with E-state index in [0.717, 1.165) is 59.6 Å². The van der Waals surface area contributed by atoms with Gasteiger partial charge in [0.1, 0.15) is 10.7 Å². The summed E-state index contributed by atoms with van der Waals surface area (Å²) in [6.07, 6.45) is 5.62. The first-order valence-corrected chi connectivity index (χ1v) is 12.2. The van der Waals surface area contributed by atoms with Crippen LogP contribution >= 0.6 is 23.8 Å². The smallest absolute Gasteiger partial charge is 0.305 e. The van der Waals surface area contributed by atoms with E-state index in [4.69, 9.17) is 38.0 Å². The van der Waals surface area contributed by atoms with E-state index in [1.165, 1.54) is 13.5 Å². The van der Waals surface area contributed by atoms with Crippen molar-refractivity contribution in [3.05, 3.63) is 57.6 Å². The Morgan fingerprint density at radius 2 is 1.97 bits per heavy atom. The average Bonchev–Trinajstić information content (AvgIpc) is 2.79. The van der Waals surface area contributed by atoms with Gasteiger partial charge in [0, 0.05) is 25.0 Å². The highest BCUT2D eigenvalue weighted by Crippen LogP contribution is 2.28. The summed E-state index contributed by atoms with van der Waals surface area (Å²) in [7, 11) is 1.39. The number of carbonyl (C=O) groups is 1. The minimum absolute atomic E-state index is 0.241. The number of methoxy groups -OCH3 is 1. The number of ether oxygens (including phenoxy) is 3. The fraction of sp³-hybridized carbons (Fsp3) is 0.462. The molecule has 2 aromatic rings. The molecule has 0 spiro atoms. The van der Waals surface area contributed by atoms with Crippen LogP contribution in [0.1, 0.15) is 54.4 Å². The Kier molecular flexibility index (Phi) is 9.53. The summed E-state index contributed by atoms with van der Waals surface area (Å²) >= 11 is 12.1. The largest absolute Gasteiger partial charge is 0.493 e. The molecule has 3 rings (SSSR count). The maximum absolute atomic E-state index is 11.4. The Morgan fingerprint density at radius 3 is 2.64 bits per heavy atom. The van der Waals surface area contributed by atoms with Crippen LogP contribution in [0.15, 0.2) is 30.3 Å². The highest BCUT2D eigenvalue weighted by molar-refractivity contribution is 7.81. The van der Waals surface area contributed by atoms with Gasteiger partial charge < -0.3 is 19.5 Å². The number of hydrogen-bond acceptors (Lipinski definition) is 5. The van der Waals surface area contributed by atoms with Crippen LogP contribution in [0.2, 0.25) is 5.02 Å². The summed E-state index contributed by atoms with van der Waals surface area (Å²) in [5, 5.41) is 3.85. The molecular weight excluding hydrogens is 458 g/mol. The first-order chi connectivity index (χ1) is 15.9. The lowest BCUT2D eigenvalue weighted by atomic mass is 10.0. The van der Waals surface area contributed by atoms with Crippen molar-refractivity contribution >= 4 is 40.5 Å². The highest BCUT2D eigenvalue weighted by Gasteiger charge is 2.16. The summed E-state index contributed by atoms with van der Waals surface area (Å²) < 4.78 is 16.5. The van der Waals surface area contributed by atoms with E-state index >= 15 is 0 Å².